The fraction of sp³-hybridized carbons (Fsp3) is 0.458. The summed E-state index contributed by atoms with van der Waals surface area (Å²) in [6.07, 6.45) is 3.21. The standard InChI is InChI=1S/C24H27N5O4/c30-18(6-7-21-25-20-10-13-32-15-19(20)22(31)26-21)14-29-11-8-17(9-12-29)24-28-27-23(33-24)16-4-2-1-3-5-16/h1-5,17H,6-15H2,(H,25,26,31). The second-order valence-electron chi connectivity index (χ2n) is 8.64. The number of aryl methyl sites for hydroxylation is 1. The number of aromatic amines is 1. The van der Waals surface area contributed by atoms with Crippen LogP contribution in [0.4, 0.5) is 0 Å². The van der Waals surface area contributed by atoms with E-state index < -0.39 is 0 Å². The van der Waals surface area contributed by atoms with Gasteiger partial charge >= 0.3 is 0 Å². The van der Waals surface area contributed by atoms with Gasteiger partial charge < -0.3 is 14.1 Å². The summed E-state index contributed by atoms with van der Waals surface area (Å²) >= 11 is 0. The number of nitrogens with one attached hydrogen (secondary N) is 1. The van der Waals surface area contributed by atoms with Crippen molar-refractivity contribution in [2.45, 2.75) is 44.6 Å². The average Bonchev–Trinajstić information content (AvgIpc) is 3.34. The Balaban J connectivity index is 1.10. The fourth-order valence-electron chi connectivity index (χ4n) is 4.43. The van der Waals surface area contributed by atoms with Gasteiger partial charge in [0.25, 0.3) is 5.56 Å². The van der Waals surface area contributed by atoms with Crippen molar-refractivity contribution in [2.24, 2.45) is 0 Å². The number of hydrogen-bond acceptors (Lipinski definition) is 8. The number of benzene rings is 1. The smallest absolute Gasteiger partial charge is 0.256 e. The Labute approximate surface area is 191 Å². The number of piperidine rings is 1. The van der Waals surface area contributed by atoms with Crippen LogP contribution in [0.1, 0.15) is 48.2 Å². The molecule has 3 aromatic rings. The van der Waals surface area contributed by atoms with Gasteiger partial charge in [-0.3, -0.25) is 14.5 Å². The minimum Gasteiger partial charge on any atom is -0.420 e. The first kappa shape index (κ1) is 21.7. The maximum Gasteiger partial charge on any atom is 0.256 e. The molecule has 2 aromatic heterocycles. The van der Waals surface area contributed by atoms with Gasteiger partial charge in [0.1, 0.15) is 11.6 Å². The SMILES string of the molecule is O=C(CCc1nc2c(c(=O)[nH]1)COCC2)CN1CCC(c2nnc(-c3ccccc3)o2)CC1. The zero-order chi connectivity index (χ0) is 22.6. The third-order valence-electron chi connectivity index (χ3n) is 6.32. The Morgan fingerprint density at radius 3 is 2.79 bits per heavy atom. The molecular formula is C24H27N5O4. The van der Waals surface area contributed by atoms with E-state index in [-0.39, 0.29) is 17.3 Å². The van der Waals surface area contributed by atoms with E-state index in [2.05, 4.69) is 25.1 Å². The summed E-state index contributed by atoms with van der Waals surface area (Å²) in [6, 6.07) is 9.76. The Morgan fingerprint density at radius 1 is 1.15 bits per heavy atom. The predicted molar refractivity (Wildman–Crippen MR) is 120 cm³/mol. The van der Waals surface area contributed by atoms with Gasteiger partial charge in [-0.1, -0.05) is 18.2 Å². The van der Waals surface area contributed by atoms with Crippen molar-refractivity contribution in [2.75, 3.05) is 26.2 Å². The molecule has 9 nitrogen and oxygen atoms in total. The highest BCUT2D eigenvalue weighted by Gasteiger charge is 2.26. The van der Waals surface area contributed by atoms with Crippen LogP contribution in [0, 0.1) is 0 Å². The minimum absolute atomic E-state index is 0.152. The lowest BCUT2D eigenvalue weighted by Crippen LogP contribution is -2.37. The second-order valence-corrected chi connectivity index (χ2v) is 8.64. The number of rotatable bonds is 7. The van der Waals surface area contributed by atoms with Crippen LogP contribution in [0.25, 0.3) is 11.5 Å². The lowest BCUT2D eigenvalue weighted by molar-refractivity contribution is -0.120. The number of ether oxygens (including phenoxy) is 1. The zero-order valence-corrected chi connectivity index (χ0v) is 18.5. The van der Waals surface area contributed by atoms with Crippen molar-refractivity contribution < 1.29 is 13.9 Å². The van der Waals surface area contributed by atoms with Crippen LogP contribution in [-0.2, 0) is 29.0 Å². The summed E-state index contributed by atoms with van der Waals surface area (Å²) in [4.78, 5) is 34.2. The third kappa shape index (κ3) is 5.09. The molecule has 4 heterocycles. The number of likely N-dealkylation sites (tertiary alicyclic amines) is 1. The van der Waals surface area contributed by atoms with Gasteiger partial charge in [0, 0.05) is 30.7 Å². The normalized spacial score (nSPS) is 17.1. The van der Waals surface area contributed by atoms with Crippen LogP contribution in [0.5, 0.6) is 0 Å². The van der Waals surface area contributed by atoms with Crippen LogP contribution < -0.4 is 5.56 Å². The lowest BCUT2D eigenvalue weighted by atomic mass is 9.96. The number of ketones is 1. The minimum atomic E-state index is -0.152. The average molecular weight is 450 g/mol. The topological polar surface area (TPSA) is 114 Å². The molecule has 5 rings (SSSR count). The van der Waals surface area contributed by atoms with E-state index in [1.54, 1.807) is 0 Å². The highest BCUT2D eigenvalue weighted by atomic mass is 16.5. The van der Waals surface area contributed by atoms with Crippen LogP contribution in [0.2, 0.25) is 0 Å². The molecular weight excluding hydrogens is 422 g/mol. The molecule has 9 heteroatoms. The summed E-state index contributed by atoms with van der Waals surface area (Å²) in [6.45, 7) is 2.93. The monoisotopic (exact) mass is 449 g/mol. The summed E-state index contributed by atoms with van der Waals surface area (Å²) in [5, 5.41) is 8.45. The lowest BCUT2D eigenvalue weighted by Gasteiger charge is -2.29. The molecule has 0 radical (unpaired) electrons. The van der Waals surface area contributed by atoms with E-state index in [9.17, 15) is 9.59 Å². The molecule has 1 aromatic carbocycles. The summed E-state index contributed by atoms with van der Waals surface area (Å²) in [5.41, 5.74) is 2.17. The van der Waals surface area contributed by atoms with Gasteiger partial charge in [0.05, 0.1) is 31.0 Å². The molecule has 0 spiro atoms. The molecule has 2 aliphatic rings. The molecule has 0 amide bonds. The van der Waals surface area contributed by atoms with Gasteiger partial charge in [-0.05, 0) is 38.1 Å². The molecule has 0 aliphatic carbocycles. The summed E-state index contributed by atoms with van der Waals surface area (Å²) < 4.78 is 11.2. The van der Waals surface area contributed by atoms with Crippen molar-refractivity contribution in [3.05, 3.63) is 63.7 Å². The van der Waals surface area contributed by atoms with Gasteiger partial charge in [-0.2, -0.15) is 0 Å². The third-order valence-corrected chi connectivity index (χ3v) is 6.32. The molecule has 0 bridgehead atoms. The maximum absolute atomic E-state index is 12.5. The molecule has 172 valence electrons. The second kappa shape index (κ2) is 9.76. The predicted octanol–water partition coefficient (Wildman–Crippen LogP) is 2.27. The molecule has 0 unspecified atom stereocenters. The number of hydrogen-bond donors (Lipinski definition) is 1. The number of fused-ring (bicyclic) bond motifs is 1. The van der Waals surface area contributed by atoms with Gasteiger partial charge in [0.2, 0.25) is 11.8 Å². The number of H-pyrrole nitrogens is 1. The highest BCUT2D eigenvalue weighted by Crippen LogP contribution is 2.29. The van der Waals surface area contributed by atoms with Gasteiger partial charge in [-0.25, -0.2) is 4.98 Å². The molecule has 33 heavy (non-hydrogen) atoms. The van der Waals surface area contributed by atoms with Crippen molar-refractivity contribution in [3.63, 3.8) is 0 Å². The van der Waals surface area contributed by atoms with Crippen molar-refractivity contribution >= 4 is 5.78 Å². The highest BCUT2D eigenvalue weighted by molar-refractivity contribution is 5.80. The largest absolute Gasteiger partial charge is 0.420 e. The molecule has 2 aliphatic heterocycles. The maximum atomic E-state index is 12.5. The Morgan fingerprint density at radius 2 is 1.97 bits per heavy atom. The van der Waals surface area contributed by atoms with E-state index in [1.807, 2.05) is 30.3 Å². The van der Waals surface area contributed by atoms with Crippen LogP contribution in [-0.4, -0.2) is 57.1 Å². The van der Waals surface area contributed by atoms with Crippen molar-refractivity contribution in [3.8, 4) is 11.5 Å². The summed E-state index contributed by atoms with van der Waals surface area (Å²) in [5.74, 6) is 2.17. The van der Waals surface area contributed by atoms with E-state index in [0.29, 0.717) is 62.2 Å². The van der Waals surface area contributed by atoms with Crippen LogP contribution >= 0.6 is 0 Å². The molecule has 0 atom stereocenters. The van der Waals surface area contributed by atoms with Gasteiger partial charge in [-0.15, -0.1) is 10.2 Å². The molecule has 1 N–H and O–H groups in total. The number of nitrogens with zero attached hydrogens (tertiary/aromatic N) is 4. The Bertz CT molecular complexity index is 1170. The zero-order valence-electron chi connectivity index (χ0n) is 18.5. The van der Waals surface area contributed by atoms with Crippen molar-refractivity contribution in [1.29, 1.82) is 0 Å². The van der Waals surface area contributed by atoms with Crippen molar-refractivity contribution in [1.82, 2.24) is 25.1 Å². The van der Waals surface area contributed by atoms with Crippen LogP contribution in [0.3, 0.4) is 0 Å². The Kier molecular flexibility index (Phi) is 6.41. The molecule has 1 saturated heterocycles. The molecule has 1 fully saturated rings. The quantitative estimate of drug-likeness (QED) is 0.584. The van der Waals surface area contributed by atoms with E-state index in [1.165, 1.54) is 0 Å². The number of carbonyl (C=O) groups is 1. The van der Waals surface area contributed by atoms with E-state index in [0.717, 1.165) is 37.2 Å². The molecule has 0 saturated carbocycles. The summed E-state index contributed by atoms with van der Waals surface area (Å²) in [7, 11) is 0. The Hall–Kier alpha value is -3.17. The number of aromatic nitrogens is 4. The number of carbonyl (C=O) groups excluding carboxylic acids is 1. The van der Waals surface area contributed by atoms with Crippen LogP contribution in [0.15, 0.2) is 39.5 Å². The van der Waals surface area contributed by atoms with Gasteiger partial charge in [0.15, 0.2) is 0 Å². The first-order valence-corrected chi connectivity index (χ1v) is 11.5. The van der Waals surface area contributed by atoms with E-state index >= 15 is 0 Å². The number of Topliss-reactive ketones (excluding diaryl/α,β-unsaturated/α-hetero) is 1. The van der Waals surface area contributed by atoms with E-state index in [4.69, 9.17) is 9.15 Å². The first-order chi connectivity index (χ1) is 16.2. The fourth-order valence-corrected chi connectivity index (χ4v) is 4.43. The first-order valence-electron chi connectivity index (χ1n) is 11.5.